The maximum absolute atomic E-state index is 13.4. The molecule has 3 N–H and O–H groups in total. The van der Waals surface area contributed by atoms with Gasteiger partial charge in [-0.2, -0.15) is 0 Å². The van der Waals surface area contributed by atoms with Crippen molar-refractivity contribution in [3.63, 3.8) is 0 Å². The van der Waals surface area contributed by atoms with Crippen LogP contribution in [0, 0.1) is 10.1 Å². The molecule has 0 atom stereocenters. The van der Waals surface area contributed by atoms with E-state index in [0.717, 1.165) is 60.4 Å². The molecule has 2 aliphatic heterocycles. The molecule has 9 heteroatoms. The van der Waals surface area contributed by atoms with E-state index in [1.54, 1.807) is 12.1 Å². The van der Waals surface area contributed by atoms with Crippen molar-refractivity contribution in [3.05, 3.63) is 93.8 Å². The number of hydrogen-bond acceptors (Lipinski definition) is 6. The summed E-state index contributed by atoms with van der Waals surface area (Å²) in [5, 5.41) is 17.9. The number of benzene rings is 3. The molecular weight excluding hydrogens is 480 g/mol. The number of hydrogen-bond donors (Lipinski definition) is 3. The predicted molar refractivity (Wildman–Crippen MR) is 149 cm³/mol. The van der Waals surface area contributed by atoms with Crippen molar-refractivity contribution in [2.75, 3.05) is 30.3 Å². The Morgan fingerprint density at radius 1 is 1.11 bits per heavy atom. The highest BCUT2D eigenvalue weighted by Gasteiger charge is 2.31. The third kappa shape index (κ3) is 4.41. The number of rotatable bonds is 6. The highest BCUT2D eigenvalue weighted by Crippen LogP contribution is 2.41. The number of piperidine rings is 1. The number of nitro groups is 1. The number of amides is 1. The molecule has 38 heavy (non-hydrogen) atoms. The maximum Gasteiger partial charge on any atom is 0.269 e. The molecule has 0 bridgehead atoms. The van der Waals surface area contributed by atoms with Crippen LogP contribution in [0.3, 0.4) is 0 Å². The fraction of sp³-hybridized carbons (Fsp3) is 0.241. The number of imidazole rings is 1. The van der Waals surface area contributed by atoms with Gasteiger partial charge in [0.1, 0.15) is 5.82 Å². The van der Waals surface area contributed by atoms with Crippen LogP contribution in [-0.2, 0) is 4.79 Å². The first-order chi connectivity index (χ1) is 18.5. The molecule has 0 saturated carbocycles. The summed E-state index contributed by atoms with van der Waals surface area (Å²) in [5.41, 5.74) is 5.81. The number of fused-ring (bicyclic) bond motifs is 2. The number of carbonyl (C=O) groups excluding carboxylic acids is 1. The van der Waals surface area contributed by atoms with Gasteiger partial charge in [-0.05, 0) is 67.4 Å². The van der Waals surface area contributed by atoms with Gasteiger partial charge in [0.05, 0.1) is 21.5 Å². The zero-order valence-corrected chi connectivity index (χ0v) is 21.0. The number of nitrogens with zero attached hydrogens (tertiary/aromatic N) is 3. The fourth-order valence-electron chi connectivity index (χ4n) is 5.35. The van der Waals surface area contributed by atoms with E-state index in [1.165, 1.54) is 12.1 Å². The van der Waals surface area contributed by atoms with Crippen LogP contribution < -0.4 is 10.6 Å². The number of likely N-dealkylation sites (tertiary alicyclic amines) is 1. The Hall–Kier alpha value is -4.50. The zero-order chi connectivity index (χ0) is 26.2. The molecule has 1 saturated heterocycles. The van der Waals surface area contributed by atoms with Crippen molar-refractivity contribution in [2.24, 2.45) is 0 Å². The molecule has 4 aromatic rings. The third-order valence-electron chi connectivity index (χ3n) is 7.41. The van der Waals surface area contributed by atoms with Gasteiger partial charge in [0, 0.05) is 53.8 Å². The Morgan fingerprint density at radius 3 is 2.58 bits per heavy atom. The monoisotopic (exact) mass is 508 g/mol. The van der Waals surface area contributed by atoms with Crippen LogP contribution in [-0.4, -0.2) is 51.4 Å². The first-order valence-corrected chi connectivity index (χ1v) is 12.9. The van der Waals surface area contributed by atoms with Gasteiger partial charge in [-0.15, -0.1) is 0 Å². The Morgan fingerprint density at radius 2 is 1.87 bits per heavy atom. The average molecular weight is 509 g/mol. The average Bonchev–Trinajstić information content (AvgIpc) is 3.50. The normalized spacial score (nSPS) is 17.3. The SMILES string of the molecule is CCN1CCC(Nc2ccc3c(c2)/C(=C(\c2ccc([N+](=O)[O-])cc2)c2nc4ccccc4[nH]2)C(=O)N3)CC1. The fourth-order valence-corrected chi connectivity index (χ4v) is 5.35. The van der Waals surface area contributed by atoms with Gasteiger partial charge in [0.25, 0.3) is 11.6 Å². The van der Waals surface area contributed by atoms with E-state index in [2.05, 4.69) is 27.4 Å². The second-order valence-corrected chi connectivity index (χ2v) is 9.72. The minimum absolute atomic E-state index is 0.0143. The van der Waals surface area contributed by atoms with Crippen LogP contribution in [0.25, 0.3) is 22.2 Å². The molecule has 2 aliphatic rings. The number of nitrogens with one attached hydrogen (secondary N) is 3. The molecule has 1 aromatic heterocycles. The lowest BCUT2D eigenvalue weighted by Gasteiger charge is -2.32. The summed E-state index contributed by atoms with van der Waals surface area (Å²) in [6.45, 7) is 5.40. The van der Waals surface area contributed by atoms with Crippen LogP contribution in [0.2, 0.25) is 0 Å². The van der Waals surface area contributed by atoms with Crippen LogP contribution >= 0.6 is 0 Å². The lowest BCUT2D eigenvalue weighted by molar-refractivity contribution is -0.384. The van der Waals surface area contributed by atoms with Gasteiger partial charge < -0.3 is 20.5 Å². The molecule has 1 fully saturated rings. The Labute approximate surface area is 219 Å². The molecular formula is C29H28N6O3. The molecule has 6 rings (SSSR count). The topological polar surface area (TPSA) is 116 Å². The number of para-hydroxylation sites is 2. The third-order valence-corrected chi connectivity index (χ3v) is 7.41. The summed E-state index contributed by atoms with van der Waals surface area (Å²) in [6, 6.07) is 20.2. The van der Waals surface area contributed by atoms with Crippen LogP contribution in [0.4, 0.5) is 17.1 Å². The van der Waals surface area contributed by atoms with Crippen molar-refractivity contribution in [3.8, 4) is 0 Å². The van der Waals surface area contributed by atoms with Gasteiger partial charge in [-0.25, -0.2) is 4.98 Å². The Kier molecular flexibility index (Phi) is 6.13. The van der Waals surface area contributed by atoms with Gasteiger partial charge in [-0.1, -0.05) is 19.1 Å². The summed E-state index contributed by atoms with van der Waals surface area (Å²) < 4.78 is 0. The van der Waals surface area contributed by atoms with E-state index in [0.29, 0.717) is 28.6 Å². The number of nitro benzene ring substituents is 1. The van der Waals surface area contributed by atoms with Crippen LogP contribution in [0.15, 0.2) is 66.7 Å². The molecule has 1 amide bonds. The lowest BCUT2D eigenvalue weighted by Crippen LogP contribution is -2.38. The van der Waals surface area contributed by atoms with Crippen molar-refractivity contribution < 1.29 is 9.72 Å². The molecule has 0 spiro atoms. The minimum Gasteiger partial charge on any atom is -0.382 e. The Balaban J connectivity index is 1.46. The minimum atomic E-state index is -0.432. The summed E-state index contributed by atoms with van der Waals surface area (Å²) in [4.78, 5) is 34.9. The quantitative estimate of drug-likeness (QED) is 0.185. The molecule has 3 aromatic carbocycles. The molecule has 3 heterocycles. The van der Waals surface area contributed by atoms with Crippen molar-refractivity contribution in [2.45, 2.75) is 25.8 Å². The molecule has 0 radical (unpaired) electrons. The number of H-pyrrole nitrogens is 1. The lowest BCUT2D eigenvalue weighted by atomic mass is 9.94. The van der Waals surface area contributed by atoms with Crippen LogP contribution in [0.5, 0.6) is 0 Å². The second-order valence-electron chi connectivity index (χ2n) is 9.72. The van der Waals surface area contributed by atoms with Gasteiger partial charge in [-0.3, -0.25) is 14.9 Å². The summed E-state index contributed by atoms with van der Waals surface area (Å²) in [7, 11) is 0. The standard InChI is InChI=1S/C29H28N6O3/c1-2-34-15-13-19(14-16-34)30-20-9-12-23-22(17-20)27(29(36)33-23)26(18-7-10-21(11-8-18)35(37)38)28-31-24-5-3-4-6-25(24)32-28/h3-12,17,19,30H,2,13-16H2,1H3,(H,31,32)(H,33,36)/b27-26-. The molecule has 192 valence electrons. The number of anilines is 2. The molecule has 0 unspecified atom stereocenters. The van der Waals surface area contributed by atoms with E-state index in [4.69, 9.17) is 4.98 Å². The van der Waals surface area contributed by atoms with Crippen LogP contribution in [0.1, 0.15) is 36.7 Å². The summed E-state index contributed by atoms with van der Waals surface area (Å²) >= 11 is 0. The van der Waals surface area contributed by atoms with Gasteiger partial charge >= 0.3 is 0 Å². The summed E-state index contributed by atoms with van der Waals surface area (Å²) in [5.74, 6) is 0.297. The first kappa shape index (κ1) is 23.9. The number of aromatic nitrogens is 2. The zero-order valence-electron chi connectivity index (χ0n) is 21.0. The highest BCUT2D eigenvalue weighted by atomic mass is 16.6. The Bertz CT molecular complexity index is 1530. The van der Waals surface area contributed by atoms with Crippen molar-refractivity contribution in [1.29, 1.82) is 0 Å². The van der Waals surface area contributed by atoms with Crippen molar-refractivity contribution >= 4 is 45.1 Å². The number of carbonyl (C=O) groups is 1. The van der Waals surface area contributed by atoms with E-state index < -0.39 is 4.92 Å². The molecule has 0 aliphatic carbocycles. The predicted octanol–water partition coefficient (Wildman–Crippen LogP) is 5.28. The highest BCUT2D eigenvalue weighted by molar-refractivity contribution is 6.38. The van der Waals surface area contributed by atoms with Gasteiger partial charge in [0.2, 0.25) is 0 Å². The number of non-ortho nitro benzene ring substituents is 1. The van der Waals surface area contributed by atoms with E-state index in [1.807, 2.05) is 42.5 Å². The molecule has 9 nitrogen and oxygen atoms in total. The van der Waals surface area contributed by atoms with E-state index in [-0.39, 0.29) is 11.6 Å². The smallest absolute Gasteiger partial charge is 0.269 e. The summed E-state index contributed by atoms with van der Waals surface area (Å²) in [6.07, 6.45) is 2.13. The second kappa shape index (κ2) is 9.75. The van der Waals surface area contributed by atoms with Crippen molar-refractivity contribution in [1.82, 2.24) is 14.9 Å². The largest absolute Gasteiger partial charge is 0.382 e. The maximum atomic E-state index is 13.4. The number of aromatic amines is 1. The first-order valence-electron chi connectivity index (χ1n) is 12.9. The van der Waals surface area contributed by atoms with E-state index in [9.17, 15) is 14.9 Å². The van der Waals surface area contributed by atoms with E-state index >= 15 is 0 Å². The van der Waals surface area contributed by atoms with Gasteiger partial charge in [0.15, 0.2) is 0 Å².